The summed E-state index contributed by atoms with van der Waals surface area (Å²) >= 11 is 0. The number of aromatic hydroxyl groups is 1. The monoisotopic (exact) mass is 299 g/mol. The second kappa shape index (κ2) is 6.03. The summed E-state index contributed by atoms with van der Waals surface area (Å²) in [6, 6.07) is -1.61. The summed E-state index contributed by atoms with van der Waals surface area (Å²) in [5.74, 6) is -3.56. The standard InChI is InChI=1S/C11H13N3O7/c1-13-8(17)5(9(18)14(2)11(13)21)4-12-6(10(19)20)3-7(15)16/h4,6,17H,3H2,1-2H3,(H,15,16)(H,19,20)/t6-/m0/s1. The first-order valence-corrected chi connectivity index (χ1v) is 5.63. The maximum atomic E-state index is 11.8. The van der Waals surface area contributed by atoms with Gasteiger partial charge in [-0.15, -0.1) is 0 Å². The fourth-order valence-corrected chi connectivity index (χ4v) is 1.51. The molecule has 0 aromatic carbocycles. The summed E-state index contributed by atoms with van der Waals surface area (Å²) in [7, 11) is 2.38. The number of carboxylic acid groups (broad SMARTS) is 2. The average molecular weight is 299 g/mol. The Morgan fingerprint density at radius 3 is 2.29 bits per heavy atom. The first kappa shape index (κ1) is 16.1. The van der Waals surface area contributed by atoms with Gasteiger partial charge in [-0.25, -0.2) is 9.59 Å². The Kier molecular flexibility index (Phi) is 4.64. The molecule has 21 heavy (non-hydrogen) atoms. The van der Waals surface area contributed by atoms with E-state index >= 15 is 0 Å². The van der Waals surface area contributed by atoms with Crippen LogP contribution in [0.1, 0.15) is 12.0 Å². The molecule has 3 N–H and O–H groups in total. The van der Waals surface area contributed by atoms with E-state index in [0.717, 1.165) is 10.8 Å². The molecule has 0 saturated carbocycles. The summed E-state index contributed by atoms with van der Waals surface area (Å²) < 4.78 is 1.48. The van der Waals surface area contributed by atoms with Crippen molar-refractivity contribution in [3.63, 3.8) is 0 Å². The van der Waals surface area contributed by atoms with Crippen LogP contribution in [-0.2, 0) is 23.7 Å². The van der Waals surface area contributed by atoms with Crippen LogP contribution in [0.3, 0.4) is 0 Å². The smallest absolute Gasteiger partial charge is 0.333 e. The third-order valence-corrected chi connectivity index (χ3v) is 2.70. The first-order valence-electron chi connectivity index (χ1n) is 5.63. The molecule has 10 heteroatoms. The minimum atomic E-state index is -1.61. The highest BCUT2D eigenvalue weighted by Crippen LogP contribution is 2.07. The quantitative estimate of drug-likeness (QED) is 0.539. The highest BCUT2D eigenvalue weighted by molar-refractivity contribution is 5.87. The Morgan fingerprint density at radius 2 is 1.81 bits per heavy atom. The van der Waals surface area contributed by atoms with Crippen molar-refractivity contribution in [3.8, 4) is 5.88 Å². The van der Waals surface area contributed by atoms with Gasteiger partial charge in [0.1, 0.15) is 5.56 Å². The zero-order valence-corrected chi connectivity index (χ0v) is 11.2. The highest BCUT2D eigenvalue weighted by Gasteiger charge is 2.20. The molecule has 1 aromatic rings. The van der Waals surface area contributed by atoms with Crippen molar-refractivity contribution in [1.82, 2.24) is 9.13 Å². The van der Waals surface area contributed by atoms with Crippen molar-refractivity contribution in [2.45, 2.75) is 12.5 Å². The van der Waals surface area contributed by atoms with Gasteiger partial charge >= 0.3 is 17.6 Å². The SMILES string of the molecule is Cn1c(O)c(C=N[C@@H](CC(=O)O)C(=O)O)c(=O)n(C)c1=O. The normalized spacial score (nSPS) is 12.5. The van der Waals surface area contributed by atoms with Gasteiger partial charge in [-0.3, -0.25) is 23.7 Å². The highest BCUT2D eigenvalue weighted by atomic mass is 16.4. The fourth-order valence-electron chi connectivity index (χ4n) is 1.51. The number of aliphatic carboxylic acids is 2. The predicted octanol–water partition coefficient (Wildman–Crippen LogP) is -1.86. The van der Waals surface area contributed by atoms with Crippen LogP contribution in [0.2, 0.25) is 0 Å². The van der Waals surface area contributed by atoms with E-state index in [9.17, 15) is 24.3 Å². The largest absolute Gasteiger partial charge is 0.494 e. The molecule has 10 nitrogen and oxygen atoms in total. The van der Waals surface area contributed by atoms with Crippen LogP contribution >= 0.6 is 0 Å². The third-order valence-electron chi connectivity index (χ3n) is 2.70. The van der Waals surface area contributed by atoms with Crippen molar-refractivity contribution in [1.29, 1.82) is 0 Å². The number of hydrogen-bond donors (Lipinski definition) is 3. The van der Waals surface area contributed by atoms with Gasteiger partial charge in [-0.2, -0.15) is 0 Å². The van der Waals surface area contributed by atoms with Gasteiger partial charge in [-0.1, -0.05) is 0 Å². The number of nitrogens with zero attached hydrogens (tertiary/aromatic N) is 3. The molecule has 0 fully saturated rings. The minimum absolute atomic E-state index is 0.406. The Labute approximate surface area is 117 Å². The van der Waals surface area contributed by atoms with Gasteiger partial charge < -0.3 is 15.3 Å². The molecule has 0 aliphatic heterocycles. The minimum Gasteiger partial charge on any atom is -0.494 e. The number of hydrogen-bond acceptors (Lipinski definition) is 6. The van der Waals surface area contributed by atoms with E-state index in [2.05, 4.69) is 4.99 Å². The lowest BCUT2D eigenvalue weighted by molar-refractivity contribution is -0.144. The summed E-state index contributed by atoms with van der Waals surface area (Å²) in [5.41, 5.74) is -2.05. The van der Waals surface area contributed by atoms with Crippen LogP contribution in [0.5, 0.6) is 5.88 Å². The molecule has 1 rings (SSSR count). The zero-order chi connectivity index (χ0) is 16.3. The molecular weight excluding hydrogens is 286 g/mol. The van der Waals surface area contributed by atoms with Gasteiger partial charge in [0.2, 0.25) is 5.88 Å². The van der Waals surface area contributed by atoms with Crippen LogP contribution < -0.4 is 11.2 Å². The molecule has 0 amide bonds. The number of carbonyl (C=O) groups is 2. The average Bonchev–Trinajstić information content (AvgIpc) is 2.41. The molecule has 114 valence electrons. The fraction of sp³-hybridized carbons (Fsp3) is 0.364. The molecule has 0 saturated heterocycles. The molecule has 0 aliphatic rings. The lowest BCUT2D eigenvalue weighted by atomic mass is 10.2. The van der Waals surface area contributed by atoms with Gasteiger partial charge in [0, 0.05) is 20.3 Å². The van der Waals surface area contributed by atoms with Crippen LogP contribution in [-0.4, -0.2) is 48.6 Å². The number of aliphatic imine (C=N–C) groups is 1. The Morgan fingerprint density at radius 1 is 1.24 bits per heavy atom. The van der Waals surface area contributed by atoms with Crippen molar-refractivity contribution in [2.75, 3.05) is 0 Å². The van der Waals surface area contributed by atoms with Crippen LogP contribution in [0.4, 0.5) is 0 Å². The molecule has 0 unspecified atom stereocenters. The molecule has 0 spiro atoms. The second-order valence-corrected chi connectivity index (χ2v) is 4.17. The van der Waals surface area contributed by atoms with Crippen molar-refractivity contribution in [2.24, 2.45) is 19.1 Å². The second-order valence-electron chi connectivity index (χ2n) is 4.17. The van der Waals surface area contributed by atoms with Gasteiger partial charge in [0.15, 0.2) is 6.04 Å². The van der Waals surface area contributed by atoms with E-state index in [1.807, 2.05) is 0 Å². The summed E-state index contributed by atoms with van der Waals surface area (Å²) in [5, 5.41) is 27.1. The molecule has 0 aliphatic carbocycles. The molecule has 0 bridgehead atoms. The van der Waals surface area contributed by atoms with E-state index in [-0.39, 0.29) is 0 Å². The van der Waals surface area contributed by atoms with E-state index in [4.69, 9.17) is 10.2 Å². The molecule has 1 aromatic heterocycles. The molecule has 1 heterocycles. The Bertz CT molecular complexity index is 729. The lowest BCUT2D eigenvalue weighted by Crippen LogP contribution is -2.38. The lowest BCUT2D eigenvalue weighted by Gasteiger charge is -2.08. The molecule has 0 radical (unpaired) electrons. The van der Waals surface area contributed by atoms with Gasteiger partial charge in [0.05, 0.1) is 6.42 Å². The van der Waals surface area contributed by atoms with Gasteiger partial charge in [-0.05, 0) is 0 Å². The Hall–Kier alpha value is -2.91. The summed E-state index contributed by atoms with van der Waals surface area (Å²) in [6.45, 7) is 0. The summed E-state index contributed by atoms with van der Waals surface area (Å²) in [4.78, 5) is 48.1. The number of carboxylic acids is 2. The third kappa shape index (κ3) is 3.35. The first-order chi connectivity index (χ1) is 9.66. The topological polar surface area (TPSA) is 151 Å². The van der Waals surface area contributed by atoms with E-state index < -0.39 is 47.1 Å². The maximum Gasteiger partial charge on any atom is 0.333 e. The number of aromatic nitrogens is 2. The molecular formula is C11H13N3O7. The molecule has 1 atom stereocenters. The number of rotatable bonds is 5. The zero-order valence-electron chi connectivity index (χ0n) is 11.2. The van der Waals surface area contributed by atoms with Crippen LogP contribution in [0.15, 0.2) is 14.6 Å². The van der Waals surface area contributed by atoms with Crippen LogP contribution in [0.25, 0.3) is 0 Å². The van der Waals surface area contributed by atoms with Crippen LogP contribution in [0, 0.1) is 0 Å². The van der Waals surface area contributed by atoms with E-state index in [0.29, 0.717) is 4.57 Å². The predicted molar refractivity (Wildman–Crippen MR) is 69.9 cm³/mol. The van der Waals surface area contributed by atoms with Crippen molar-refractivity contribution in [3.05, 3.63) is 26.4 Å². The maximum absolute atomic E-state index is 11.8. The van der Waals surface area contributed by atoms with E-state index in [1.54, 1.807) is 0 Å². The summed E-state index contributed by atoms with van der Waals surface area (Å²) in [6.07, 6.45) is -0.0302. The van der Waals surface area contributed by atoms with Crippen molar-refractivity contribution >= 4 is 18.2 Å². The van der Waals surface area contributed by atoms with Gasteiger partial charge in [0.25, 0.3) is 5.56 Å². The van der Waals surface area contributed by atoms with Crippen molar-refractivity contribution < 1.29 is 24.9 Å². The van der Waals surface area contributed by atoms with E-state index in [1.165, 1.54) is 14.1 Å². The Balaban J connectivity index is 3.33.